The number of rotatable bonds is 4. The molecule has 0 aliphatic carbocycles. The quantitative estimate of drug-likeness (QED) is 0.896. The lowest BCUT2D eigenvalue weighted by Crippen LogP contribution is -2.27. The molecular formula is C15H20N4O. The number of aromatic nitrogens is 2. The van der Waals surface area contributed by atoms with Gasteiger partial charge in [-0.15, -0.1) is 0 Å². The molecule has 0 aliphatic rings. The highest BCUT2D eigenvalue weighted by molar-refractivity contribution is 5.97. The number of aryl methyl sites for hydroxylation is 2. The monoisotopic (exact) mass is 272 g/mol. The Morgan fingerprint density at radius 3 is 2.60 bits per heavy atom. The summed E-state index contributed by atoms with van der Waals surface area (Å²) in [6.45, 7) is 6.61. The van der Waals surface area contributed by atoms with Gasteiger partial charge in [0.15, 0.2) is 5.69 Å². The van der Waals surface area contributed by atoms with E-state index < -0.39 is 0 Å². The molecule has 1 aromatic carbocycles. The summed E-state index contributed by atoms with van der Waals surface area (Å²) in [6, 6.07) is 7.98. The van der Waals surface area contributed by atoms with Crippen LogP contribution in [0.4, 0.5) is 5.69 Å². The number of amides is 1. The number of hydrogen-bond donors (Lipinski definition) is 2. The fourth-order valence-corrected chi connectivity index (χ4v) is 1.98. The Labute approximate surface area is 118 Å². The van der Waals surface area contributed by atoms with E-state index in [9.17, 15) is 4.79 Å². The van der Waals surface area contributed by atoms with Gasteiger partial charge < -0.3 is 11.1 Å². The molecule has 2 rings (SSSR count). The van der Waals surface area contributed by atoms with Crippen molar-refractivity contribution in [1.29, 1.82) is 0 Å². The van der Waals surface area contributed by atoms with Gasteiger partial charge in [0, 0.05) is 12.7 Å². The van der Waals surface area contributed by atoms with Crippen molar-refractivity contribution in [3.8, 4) is 0 Å². The molecule has 5 nitrogen and oxygen atoms in total. The highest BCUT2D eigenvalue weighted by Crippen LogP contribution is 2.15. The number of nitrogens with zero attached hydrogens (tertiary/aromatic N) is 2. The Morgan fingerprint density at radius 2 is 2.05 bits per heavy atom. The number of carbonyl (C=O) groups is 1. The molecule has 1 atom stereocenters. The van der Waals surface area contributed by atoms with E-state index in [0.717, 1.165) is 5.56 Å². The first kappa shape index (κ1) is 14.1. The number of carbonyl (C=O) groups excluding carboxylic acids is 1. The van der Waals surface area contributed by atoms with Crippen LogP contribution in [-0.2, 0) is 6.54 Å². The maximum Gasteiger partial charge on any atom is 0.274 e. The van der Waals surface area contributed by atoms with Crippen LogP contribution < -0.4 is 11.1 Å². The van der Waals surface area contributed by atoms with Gasteiger partial charge in [-0.2, -0.15) is 5.10 Å². The van der Waals surface area contributed by atoms with Crippen molar-refractivity contribution >= 4 is 11.6 Å². The number of hydrogen-bond acceptors (Lipinski definition) is 3. The van der Waals surface area contributed by atoms with Crippen LogP contribution in [0, 0.1) is 6.92 Å². The van der Waals surface area contributed by atoms with Crippen molar-refractivity contribution in [1.82, 2.24) is 15.1 Å². The smallest absolute Gasteiger partial charge is 0.274 e. The molecular weight excluding hydrogens is 252 g/mol. The van der Waals surface area contributed by atoms with E-state index in [1.54, 1.807) is 10.9 Å². The minimum Gasteiger partial charge on any atom is -0.396 e. The van der Waals surface area contributed by atoms with Crippen LogP contribution in [0.15, 0.2) is 30.5 Å². The summed E-state index contributed by atoms with van der Waals surface area (Å²) in [5, 5.41) is 7.08. The van der Waals surface area contributed by atoms with E-state index >= 15 is 0 Å². The number of nitrogen functional groups attached to an aromatic ring is 1. The summed E-state index contributed by atoms with van der Waals surface area (Å²) < 4.78 is 1.65. The average molecular weight is 272 g/mol. The van der Waals surface area contributed by atoms with Crippen molar-refractivity contribution in [3.63, 3.8) is 0 Å². The molecule has 1 amide bonds. The molecule has 3 N–H and O–H groups in total. The molecule has 1 unspecified atom stereocenters. The van der Waals surface area contributed by atoms with Gasteiger partial charge in [0.2, 0.25) is 0 Å². The van der Waals surface area contributed by atoms with Gasteiger partial charge in [-0.1, -0.05) is 29.8 Å². The Balaban J connectivity index is 2.10. The molecule has 0 aliphatic heterocycles. The third-order valence-corrected chi connectivity index (χ3v) is 3.25. The molecule has 20 heavy (non-hydrogen) atoms. The van der Waals surface area contributed by atoms with Crippen LogP contribution >= 0.6 is 0 Å². The first-order chi connectivity index (χ1) is 9.51. The van der Waals surface area contributed by atoms with Crippen molar-refractivity contribution in [2.75, 3.05) is 5.73 Å². The molecule has 0 bridgehead atoms. The zero-order valence-electron chi connectivity index (χ0n) is 12.1. The van der Waals surface area contributed by atoms with Gasteiger partial charge in [0.1, 0.15) is 0 Å². The molecule has 0 fully saturated rings. The van der Waals surface area contributed by atoms with Crippen LogP contribution in [0.25, 0.3) is 0 Å². The SMILES string of the molecule is CCn1cc(N)c(C(=O)NC(C)c2ccc(C)cc2)n1. The highest BCUT2D eigenvalue weighted by Gasteiger charge is 2.17. The summed E-state index contributed by atoms with van der Waals surface area (Å²) in [4.78, 5) is 12.2. The lowest BCUT2D eigenvalue weighted by atomic mass is 10.1. The van der Waals surface area contributed by atoms with Gasteiger partial charge in [-0.3, -0.25) is 9.48 Å². The first-order valence-corrected chi connectivity index (χ1v) is 6.71. The summed E-state index contributed by atoms with van der Waals surface area (Å²) in [7, 11) is 0. The van der Waals surface area contributed by atoms with Gasteiger partial charge in [-0.25, -0.2) is 0 Å². The van der Waals surface area contributed by atoms with Crippen LogP contribution in [0.1, 0.15) is 41.5 Å². The molecule has 1 aromatic heterocycles. The predicted molar refractivity (Wildman–Crippen MR) is 79.4 cm³/mol. The van der Waals surface area contributed by atoms with Crippen molar-refractivity contribution in [2.24, 2.45) is 0 Å². The highest BCUT2D eigenvalue weighted by atomic mass is 16.2. The number of anilines is 1. The van der Waals surface area contributed by atoms with Crippen molar-refractivity contribution in [2.45, 2.75) is 33.4 Å². The molecule has 0 radical (unpaired) electrons. The van der Waals surface area contributed by atoms with Crippen LogP contribution in [0.3, 0.4) is 0 Å². The summed E-state index contributed by atoms with van der Waals surface area (Å²) >= 11 is 0. The van der Waals surface area contributed by atoms with E-state index in [4.69, 9.17) is 5.73 Å². The lowest BCUT2D eigenvalue weighted by Gasteiger charge is -2.13. The third kappa shape index (κ3) is 2.99. The van der Waals surface area contributed by atoms with E-state index in [2.05, 4.69) is 10.4 Å². The van der Waals surface area contributed by atoms with Crippen LogP contribution in [0.2, 0.25) is 0 Å². The fourth-order valence-electron chi connectivity index (χ4n) is 1.98. The number of nitrogens with one attached hydrogen (secondary N) is 1. The second-order valence-electron chi connectivity index (χ2n) is 4.89. The number of nitrogens with two attached hydrogens (primary N) is 1. The molecule has 0 saturated carbocycles. The second-order valence-corrected chi connectivity index (χ2v) is 4.89. The number of benzene rings is 1. The average Bonchev–Trinajstić information content (AvgIpc) is 2.80. The largest absolute Gasteiger partial charge is 0.396 e. The second kappa shape index (κ2) is 5.77. The van der Waals surface area contributed by atoms with Gasteiger partial charge in [0.05, 0.1) is 11.7 Å². The standard InChI is InChI=1S/C15H20N4O/c1-4-19-9-13(16)14(18-19)15(20)17-11(3)12-7-5-10(2)6-8-12/h5-9,11H,4,16H2,1-3H3,(H,17,20). The minimum absolute atomic E-state index is 0.0886. The maximum atomic E-state index is 12.2. The Bertz CT molecular complexity index is 601. The molecule has 0 spiro atoms. The van der Waals surface area contributed by atoms with Crippen molar-refractivity contribution < 1.29 is 4.79 Å². The Kier molecular flexibility index (Phi) is 4.08. The van der Waals surface area contributed by atoms with Gasteiger partial charge in [-0.05, 0) is 26.3 Å². The lowest BCUT2D eigenvalue weighted by molar-refractivity contribution is 0.0935. The summed E-state index contributed by atoms with van der Waals surface area (Å²) in [5.74, 6) is -0.247. The molecule has 2 aromatic rings. The molecule has 1 heterocycles. The molecule has 0 saturated heterocycles. The summed E-state index contributed by atoms with van der Waals surface area (Å²) in [6.07, 6.45) is 1.67. The van der Waals surface area contributed by atoms with E-state index in [1.165, 1.54) is 5.56 Å². The van der Waals surface area contributed by atoms with Crippen LogP contribution in [-0.4, -0.2) is 15.7 Å². The van der Waals surface area contributed by atoms with Crippen LogP contribution in [0.5, 0.6) is 0 Å². The third-order valence-electron chi connectivity index (χ3n) is 3.25. The summed E-state index contributed by atoms with van der Waals surface area (Å²) in [5.41, 5.74) is 8.74. The van der Waals surface area contributed by atoms with E-state index in [0.29, 0.717) is 12.2 Å². The normalized spacial score (nSPS) is 12.2. The maximum absolute atomic E-state index is 12.2. The van der Waals surface area contributed by atoms with E-state index in [1.807, 2.05) is 45.0 Å². The van der Waals surface area contributed by atoms with Crippen molar-refractivity contribution in [3.05, 3.63) is 47.3 Å². The van der Waals surface area contributed by atoms with Gasteiger partial charge in [0.25, 0.3) is 5.91 Å². The Hall–Kier alpha value is -2.30. The fraction of sp³-hybridized carbons (Fsp3) is 0.333. The Morgan fingerprint density at radius 1 is 1.40 bits per heavy atom. The van der Waals surface area contributed by atoms with E-state index in [-0.39, 0.29) is 17.6 Å². The molecule has 5 heteroatoms. The molecule has 106 valence electrons. The zero-order chi connectivity index (χ0) is 14.7. The van der Waals surface area contributed by atoms with Gasteiger partial charge >= 0.3 is 0 Å². The minimum atomic E-state index is -0.247. The topological polar surface area (TPSA) is 72.9 Å². The first-order valence-electron chi connectivity index (χ1n) is 6.71. The zero-order valence-corrected chi connectivity index (χ0v) is 12.1. The predicted octanol–water partition coefficient (Wildman–Crippen LogP) is 2.28.